The van der Waals surface area contributed by atoms with E-state index in [9.17, 15) is 0 Å². The minimum Gasteiger partial charge on any atom is -0.383 e. The highest BCUT2D eigenvalue weighted by atomic mass is 32.2. The normalized spacial score (nSPS) is 15.5. The Morgan fingerprint density at radius 3 is 2.67 bits per heavy atom. The number of nitrogen functional groups attached to an aromatic ring is 1. The van der Waals surface area contributed by atoms with Crippen molar-refractivity contribution in [1.82, 2.24) is 4.98 Å². The monoisotopic (exact) mass is 319 g/mol. The number of hydrogen-bond acceptors (Lipinski definition) is 7. The molecule has 1 aromatic heterocycles. The third-order valence-corrected chi connectivity index (χ3v) is 4.87. The van der Waals surface area contributed by atoms with E-state index >= 15 is 0 Å². The van der Waals surface area contributed by atoms with Crippen molar-refractivity contribution >= 4 is 46.0 Å². The maximum absolute atomic E-state index is 5.55. The van der Waals surface area contributed by atoms with E-state index in [1.165, 1.54) is 28.5 Å². The first-order valence-corrected chi connectivity index (χ1v) is 8.77. The summed E-state index contributed by atoms with van der Waals surface area (Å²) in [6, 6.07) is 8.47. The molecule has 7 heteroatoms. The molecular formula is C14H17N5S2. The van der Waals surface area contributed by atoms with Crippen LogP contribution in [0.25, 0.3) is 0 Å². The Morgan fingerprint density at radius 2 is 2.00 bits per heavy atom. The highest BCUT2D eigenvalue weighted by molar-refractivity contribution is 7.99. The Kier molecular flexibility index (Phi) is 4.62. The third kappa shape index (κ3) is 3.89. The van der Waals surface area contributed by atoms with E-state index in [1.54, 1.807) is 11.6 Å². The van der Waals surface area contributed by atoms with Gasteiger partial charge in [-0.2, -0.15) is 16.9 Å². The summed E-state index contributed by atoms with van der Waals surface area (Å²) in [5, 5.41) is 6.65. The summed E-state index contributed by atoms with van der Waals surface area (Å²) in [6.07, 6.45) is 1.79. The molecule has 21 heavy (non-hydrogen) atoms. The fourth-order valence-electron chi connectivity index (χ4n) is 2.09. The summed E-state index contributed by atoms with van der Waals surface area (Å²) >= 11 is 3.46. The number of nitrogens with one attached hydrogen (secondary N) is 1. The van der Waals surface area contributed by atoms with Gasteiger partial charge in [-0.15, -0.1) is 11.3 Å². The second-order valence-electron chi connectivity index (χ2n) is 4.64. The molecular weight excluding hydrogens is 302 g/mol. The first kappa shape index (κ1) is 14.2. The molecule has 2 aromatic rings. The van der Waals surface area contributed by atoms with Crippen molar-refractivity contribution in [3.63, 3.8) is 0 Å². The van der Waals surface area contributed by atoms with Gasteiger partial charge in [0, 0.05) is 35.7 Å². The van der Waals surface area contributed by atoms with E-state index in [0.717, 1.165) is 18.7 Å². The number of hydrogen-bond donors (Lipinski definition) is 2. The fourth-order valence-corrected chi connectivity index (χ4v) is 3.54. The van der Waals surface area contributed by atoms with E-state index in [4.69, 9.17) is 5.73 Å². The van der Waals surface area contributed by atoms with Crippen LogP contribution >= 0.6 is 23.1 Å². The van der Waals surface area contributed by atoms with Crippen LogP contribution in [0.2, 0.25) is 0 Å². The van der Waals surface area contributed by atoms with Crippen molar-refractivity contribution in [2.24, 2.45) is 5.10 Å². The molecule has 0 bridgehead atoms. The van der Waals surface area contributed by atoms with Crippen LogP contribution < -0.4 is 16.1 Å². The van der Waals surface area contributed by atoms with Gasteiger partial charge in [0.05, 0.1) is 6.21 Å². The van der Waals surface area contributed by atoms with E-state index in [2.05, 4.69) is 44.7 Å². The lowest BCUT2D eigenvalue weighted by molar-refractivity contribution is 0.859. The smallest absolute Gasteiger partial charge is 0.205 e. The molecule has 0 aliphatic carbocycles. The molecule has 2 heterocycles. The molecule has 3 N–H and O–H groups in total. The number of hydrazone groups is 1. The fraction of sp³-hybridized carbons (Fsp3) is 0.286. The van der Waals surface area contributed by atoms with E-state index in [0.29, 0.717) is 10.9 Å². The minimum atomic E-state index is 0.516. The van der Waals surface area contributed by atoms with Gasteiger partial charge in [-0.1, -0.05) is 12.1 Å². The van der Waals surface area contributed by atoms with Gasteiger partial charge in [0.1, 0.15) is 5.82 Å². The number of thioether (sulfide) groups is 1. The van der Waals surface area contributed by atoms with Gasteiger partial charge in [0.25, 0.3) is 0 Å². The number of aromatic nitrogens is 1. The second-order valence-corrected chi connectivity index (χ2v) is 6.72. The van der Waals surface area contributed by atoms with E-state index < -0.39 is 0 Å². The maximum Gasteiger partial charge on any atom is 0.205 e. The van der Waals surface area contributed by atoms with Crippen LogP contribution in [0.15, 0.2) is 34.7 Å². The Hall–Kier alpha value is -1.73. The van der Waals surface area contributed by atoms with Crippen LogP contribution in [0, 0.1) is 0 Å². The standard InChI is InChI=1S/C14H17N5S2/c15-13-10-21-14(17-13)18-16-9-11-1-3-12(4-2-11)19-5-7-20-8-6-19/h1-4,9-10H,5-8,15H2,(H,17,18). The molecule has 0 saturated carbocycles. The zero-order valence-corrected chi connectivity index (χ0v) is 13.2. The maximum atomic E-state index is 5.55. The van der Waals surface area contributed by atoms with Crippen LogP contribution in [-0.2, 0) is 0 Å². The number of anilines is 3. The van der Waals surface area contributed by atoms with Gasteiger partial charge in [0.2, 0.25) is 5.13 Å². The first-order chi connectivity index (χ1) is 10.3. The Bertz CT molecular complexity index is 602. The molecule has 110 valence electrons. The van der Waals surface area contributed by atoms with Gasteiger partial charge >= 0.3 is 0 Å². The van der Waals surface area contributed by atoms with Gasteiger partial charge in [-0.05, 0) is 17.7 Å². The Balaban J connectivity index is 1.58. The molecule has 1 aliphatic rings. The molecule has 5 nitrogen and oxygen atoms in total. The summed E-state index contributed by atoms with van der Waals surface area (Å²) < 4.78 is 0. The molecule has 1 saturated heterocycles. The highest BCUT2D eigenvalue weighted by Crippen LogP contribution is 2.19. The summed E-state index contributed by atoms with van der Waals surface area (Å²) in [5.74, 6) is 2.94. The van der Waals surface area contributed by atoms with Crippen molar-refractivity contribution < 1.29 is 0 Å². The predicted molar refractivity (Wildman–Crippen MR) is 93.7 cm³/mol. The van der Waals surface area contributed by atoms with Gasteiger partial charge in [-0.25, -0.2) is 4.98 Å². The van der Waals surface area contributed by atoms with Crippen molar-refractivity contribution in [3.8, 4) is 0 Å². The zero-order valence-electron chi connectivity index (χ0n) is 11.5. The average Bonchev–Trinajstić information content (AvgIpc) is 2.94. The zero-order chi connectivity index (χ0) is 14.5. The SMILES string of the molecule is Nc1csc(NN=Cc2ccc(N3CCSCC3)cc2)n1. The summed E-state index contributed by atoms with van der Waals surface area (Å²) in [4.78, 5) is 6.50. The molecule has 1 fully saturated rings. The number of nitrogens with zero attached hydrogens (tertiary/aromatic N) is 3. The van der Waals surface area contributed by atoms with Crippen LogP contribution in [0.5, 0.6) is 0 Å². The van der Waals surface area contributed by atoms with Crippen molar-refractivity contribution in [3.05, 3.63) is 35.2 Å². The quantitative estimate of drug-likeness (QED) is 0.670. The van der Waals surface area contributed by atoms with Crippen LogP contribution in [0.4, 0.5) is 16.6 Å². The lowest BCUT2D eigenvalue weighted by Crippen LogP contribution is -2.32. The number of rotatable bonds is 4. The topological polar surface area (TPSA) is 66.5 Å². The lowest BCUT2D eigenvalue weighted by Gasteiger charge is -2.28. The first-order valence-electron chi connectivity index (χ1n) is 6.74. The van der Waals surface area contributed by atoms with Crippen molar-refractivity contribution in [1.29, 1.82) is 0 Å². The average molecular weight is 319 g/mol. The Morgan fingerprint density at radius 1 is 1.24 bits per heavy atom. The summed E-state index contributed by atoms with van der Waals surface area (Å²) in [7, 11) is 0. The third-order valence-electron chi connectivity index (χ3n) is 3.17. The van der Waals surface area contributed by atoms with Gasteiger partial charge in [-0.3, -0.25) is 5.43 Å². The summed E-state index contributed by atoms with van der Waals surface area (Å²) in [5.41, 5.74) is 10.8. The predicted octanol–water partition coefficient (Wildman–Crippen LogP) is 2.72. The van der Waals surface area contributed by atoms with E-state index in [1.807, 2.05) is 11.8 Å². The highest BCUT2D eigenvalue weighted by Gasteiger charge is 2.10. The lowest BCUT2D eigenvalue weighted by atomic mass is 10.2. The van der Waals surface area contributed by atoms with Crippen molar-refractivity contribution in [2.75, 3.05) is 40.7 Å². The summed E-state index contributed by atoms with van der Waals surface area (Å²) in [6.45, 7) is 2.26. The molecule has 1 aliphatic heterocycles. The molecule has 0 atom stereocenters. The molecule has 1 aromatic carbocycles. The van der Waals surface area contributed by atoms with E-state index in [-0.39, 0.29) is 0 Å². The second kappa shape index (κ2) is 6.82. The molecule has 0 unspecified atom stereocenters. The van der Waals surface area contributed by atoms with Crippen LogP contribution in [0.1, 0.15) is 5.56 Å². The largest absolute Gasteiger partial charge is 0.383 e. The molecule has 3 rings (SSSR count). The van der Waals surface area contributed by atoms with Gasteiger partial charge < -0.3 is 10.6 Å². The van der Waals surface area contributed by atoms with Crippen LogP contribution in [-0.4, -0.2) is 35.8 Å². The molecule has 0 amide bonds. The van der Waals surface area contributed by atoms with Gasteiger partial charge in [0.15, 0.2) is 0 Å². The molecule has 0 radical (unpaired) electrons. The van der Waals surface area contributed by atoms with Crippen LogP contribution in [0.3, 0.4) is 0 Å². The number of nitrogens with two attached hydrogens (primary N) is 1. The number of thiazole rings is 1. The molecule has 0 spiro atoms. The minimum absolute atomic E-state index is 0.516. The Labute approximate surface area is 132 Å². The van der Waals surface area contributed by atoms with Crippen molar-refractivity contribution in [2.45, 2.75) is 0 Å². The number of benzene rings is 1.